The molecule has 0 aliphatic rings. The summed E-state index contributed by atoms with van der Waals surface area (Å²) in [5, 5.41) is 3.20. The van der Waals surface area contributed by atoms with Crippen molar-refractivity contribution in [1.82, 2.24) is 5.32 Å². The minimum atomic E-state index is -4.68. The number of hydrogen-bond acceptors (Lipinski definition) is 1. The van der Waals surface area contributed by atoms with E-state index >= 15 is 0 Å². The third kappa shape index (κ3) is 5.16. The number of halogens is 4. The van der Waals surface area contributed by atoms with Gasteiger partial charge in [0.1, 0.15) is 5.82 Å². The third-order valence-electron chi connectivity index (χ3n) is 3.33. The van der Waals surface area contributed by atoms with Crippen molar-refractivity contribution in [3.05, 3.63) is 47.3 Å². The Hall–Kier alpha value is -1.36. The molecule has 1 atom stereocenters. The van der Waals surface area contributed by atoms with Crippen molar-refractivity contribution in [3.8, 4) is 0 Å². The molecular formula is C16H21F4N. The Kier molecular flexibility index (Phi) is 6.40. The smallest absolute Gasteiger partial charge is 0.310 e. The average molecular weight is 303 g/mol. The van der Waals surface area contributed by atoms with Crippen molar-refractivity contribution in [1.29, 1.82) is 0 Å². The second kappa shape index (κ2) is 7.59. The summed E-state index contributed by atoms with van der Waals surface area (Å²) in [6, 6.07) is 2.90. The van der Waals surface area contributed by atoms with Crippen LogP contribution in [0.15, 0.2) is 30.4 Å². The Balaban J connectivity index is 3.09. The maximum Gasteiger partial charge on any atom is 0.419 e. The van der Waals surface area contributed by atoms with E-state index in [-0.39, 0.29) is 6.04 Å². The molecule has 1 rings (SSSR count). The van der Waals surface area contributed by atoms with Gasteiger partial charge in [0.05, 0.1) is 5.56 Å². The highest BCUT2D eigenvalue weighted by Gasteiger charge is 2.34. The predicted octanol–water partition coefficient (Wildman–Crippen LogP) is 5.24. The fourth-order valence-corrected chi connectivity index (χ4v) is 2.04. The van der Waals surface area contributed by atoms with Crippen LogP contribution in [0.4, 0.5) is 17.6 Å². The Morgan fingerprint density at radius 1 is 1.29 bits per heavy atom. The second-order valence-corrected chi connectivity index (χ2v) is 5.05. The Morgan fingerprint density at radius 3 is 2.48 bits per heavy atom. The van der Waals surface area contributed by atoms with Crippen LogP contribution in [0.5, 0.6) is 0 Å². The van der Waals surface area contributed by atoms with Gasteiger partial charge < -0.3 is 5.32 Å². The van der Waals surface area contributed by atoms with Crippen LogP contribution in [0, 0.1) is 5.82 Å². The molecule has 0 aliphatic carbocycles. The van der Waals surface area contributed by atoms with Crippen molar-refractivity contribution in [2.75, 3.05) is 6.54 Å². The minimum absolute atomic E-state index is 0.279. The van der Waals surface area contributed by atoms with Crippen molar-refractivity contribution >= 4 is 0 Å². The topological polar surface area (TPSA) is 12.0 Å². The van der Waals surface area contributed by atoms with Gasteiger partial charge in [-0.1, -0.05) is 32.1 Å². The molecule has 21 heavy (non-hydrogen) atoms. The van der Waals surface area contributed by atoms with E-state index in [1.54, 1.807) is 0 Å². The van der Waals surface area contributed by atoms with Crippen LogP contribution in [-0.4, -0.2) is 6.54 Å². The summed E-state index contributed by atoms with van der Waals surface area (Å²) in [7, 11) is 0. The van der Waals surface area contributed by atoms with Crippen molar-refractivity contribution in [3.63, 3.8) is 0 Å². The SMILES string of the molecule is C=C(CC)CC(NCCC)c1ccc(F)c(C(F)(F)F)c1. The zero-order chi connectivity index (χ0) is 16.0. The summed E-state index contributed by atoms with van der Waals surface area (Å²) in [6.07, 6.45) is -2.52. The highest BCUT2D eigenvalue weighted by atomic mass is 19.4. The van der Waals surface area contributed by atoms with Crippen molar-refractivity contribution < 1.29 is 17.6 Å². The number of rotatable bonds is 7. The van der Waals surface area contributed by atoms with Gasteiger partial charge in [-0.25, -0.2) is 4.39 Å². The molecular weight excluding hydrogens is 282 g/mol. The standard InChI is InChI=1S/C16H21F4N/c1-4-8-21-15(9-11(3)5-2)12-6-7-14(17)13(10-12)16(18,19)20/h6-7,10,15,21H,3-5,8-9H2,1-2H3. The molecule has 0 saturated heterocycles. The fraction of sp³-hybridized carbons (Fsp3) is 0.500. The quantitative estimate of drug-likeness (QED) is 0.536. The van der Waals surface area contributed by atoms with E-state index in [2.05, 4.69) is 11.9 Å². The second-order valence-electron chi connectivity index (χ2n) is 5.05. The van der Waals surface area contributed by atoms with Gasteiger partial charge in [-0.3, -0.25) is 0 Å². The largest absolute Gasteiger partial charge is 0.419 e. The number of hydrogen-bond donors (Lipinski definition) is 1. The minimum Gasteiger partial charge on any atom is -0.310 e. The summed E-state index contributed by atoms with van der Waals surface area (Å²) >= 11 is 0. The molecule has 1 aromatic rings. The maximum atomic E-state index is 13.4. The van der Waals surface area contributed by atoms with Crippen LogP contribution in [-0.2, 0) is 6.18 Å². The molecule has 0 aromatic heterocycles. The summed E-state index contributed by atoms with van der Waals surface area (Å²) in [5.41, 5.74) is 0.165. The zero-order valence-electron chi connectivity index (χ0n) is 12.4. The molecule has 0 spiro atoms. The highest BCUT2D eigenvalue weighted by Crippen LogP contribution is 2.34. The van der Waals surface area contributed by atoms with Crippen LogP contribution in [0.3, 0.4) is 0 Å². The van der Waals surface area contributed by atoms with Gasteiger partial charge in [0.2, 0.25) is 0 Å². The maximum absolute atomic E-state index is 13.4. The summed E-state index contributed by atoms with van der Waals surface area (Å²) in [6.45, 7) is 8.51. The molecule has 1 N–H and O–H groups in total. The average Bonchev–Trinajstić information content (AvgIpc) is 2.42. The lowest BCUT2D eigenvalue weighted by Gasteiger charge is -2.21. The van der Waals surface area contributed by atoms with E-state index in [4.69, 9.17) is 0 Å². The Morgan fingerprint density at radius 2 is 1.95 bits per heavy atom. The molecule has 118 valence electrons. The number of nitrogens with one attached hydrogen (secondary N) is 1. The van der Waals surface area contributed by atoms with Gasteiger partial charge in [-0.05, 0) is 43.5 Å². The summed E-state index contributed by atoms with van der Waals surface area (Å²) in [5.74, 6) is -1.24. The van der Waals surface area contributed by atoms with Gasteiger partial charge in [-0.2, -0.15) is 13.2 Å². The van der Waals surface area contributed by atoms with Gasteiger partial charge in [-0.15, -0.1) is 0 Å². The van der Waals surface area contributed by atoms with E-state index in [0.29, 0.717) is 18.5 Å². The van der Waals surface area contributed by atoms with Crippen LogP contribution in [0.1, 0.15) is 50.3 Å². The molecule has 0 heterocycles. The first kappa shape index (κ1) is 17.7. The molecule has 5 heteroatoms. The Labute approximate surface area is 123 Å². The lowest BCUT2D eigenvalue weighted by atomic mass is 9.96. The predicted molar refractivity (Wildman–Crippen MR) is 76.5 cm³/mol. The van der Waals surface area contributed by atoms with E-state index in [1.165, 1.54) is 6.07 Å². The summed E-state index contributed by atoms with van der Waals surface area (Å²) < 4.78 is 51.7. The molecule has 1 aromatic carbocycles. The van der Waals surface area contributed by atoms with E-state index in [9.17, 15) is 17.6 Å². The Bertz CT molecular complexity index is 480. The van der Waals surface area contributed by atoms with Crippen molar-refractivity contribution in [2.45, 2.75) is 45.3 Å². The fourth-order valence-electron chi connectivity index (χ4n) is 2.04. The van der Waals surface area contributed by atoms with Crippen LogP contribution in [0.25, 0.3) is 0 Å². The van der Waals surface area contributed by atoms with Gasteiger partial charge in [0, 0.05) is 6.04 Å². The molecule has 1 unspecified atom stereocenters. The van der Waals surface area contributed by atoms with Crippen LogP contribution < -0.4 is 5.32 Å². The van der Waals surface area contributed by atoms with Gasteiger partial charge >= 0.3 is 6.18 Å². The van der Waals surface area contributed by atoms with Crippen LogP contribution in [0.2, 0.25) is 0 Å². The van der Waals surface area contributed by atoms with E-state index in [0.717, 1.165) is 30.5 Å². The molecule has 0 saturated carbocycles. The summed E-state index contributed by atoms with van der Waals surface area (Å²) in [4.78, 5) is 0. The molecule has 0 bridgehead atoms. The van der Waals surface area contributed by atoms with E-state index in [1.807, 2.05) is 13.8 Å². The van der Waals surface area contributed by atoms with Crippen LogP contribution >= 0.6 is 0 Å². The zero-order valence-corrected chi connectivity index (χ0v) is 12.4. The monoisotopic (exact) mass is 303 g/mol. The highest BCUT2D eigenvalue weighted by molar-refractivity contribution is 5.30. The molecule has 0 fully saturated rings. The van der Waals surface area contributed by atoms with Gasteiger partial charge in [0.15, 0.2) is 0 Å². The van der Waals surface area contributed by atoms with E-state index < -0.39 is 17.6 Å². The first-order chi connectivity index (χ1) is 9.79. The van der Waals surface area contributed by atoms with Crippen molar-refractivity contribution in [2.24, 2.45) is 0 Å². The lowest BCUT2D eigenvalue weighted by Crippen LogP contribution is -2.23. The first-order valence-corrected chi connectivity index (χ1v) is 7.06. The van der Waals surface area contributed by atoms with Gasteiger partial charge in [0.25, 0.3) is 0 Å². The molecule has 0 radical (unpaired) electrons. The number of alkyl halides is 3. The molecule has 1 nitrogen and oxygen atoms in total. The first-order valence-electron chi connectivity index (χ1n) is 7.06. The molecule has 0 aliphatic heterocycles. The number of benzene rings is 1. The molecule has 0 amide bonds. The lowest BCUT2D eigenvalue weighted by molar-refractivity contribution is -0.140. The third-order valence-corrected chi connectivity index (χ3v) is 3.33. The normalized spacial score (nSPS) is 13.2.